The van der Waals surface area contributed by atoms with Gasteiger partial charge in [-0.05, 0) is 43.3 Å². The number of benzene rings is 1. The Morgan fingerprint density at radius 1 is 1.45 bits per heavy atom. The molecule has 7 heteroatoms. The summed E-state index contributed by atoms with van der Waals surface area (Å²) in [6, 6.07) is 7.72. The Bertz CT molecular complexity index is 549. The lowest BCUT2D eigenvalue weighted by Crippen LogP contribution is -2.33. The molecule has 0 aliphatic heterocycles. The second-order valence-corrected chi connectivity index (χ2v) is 6.18. The number of methoxy groups -OCH3 is 1. The van der Waals surface area contributed by atoms with Crippen molar-refractivity contribution < 1.29 is 9.53 Å². The number of rotatable bonds is 6. The first-order valence-corrected chi connectivity index (χ1v) is 8.28. The number of ether oxygens (including phenoxy) is 1. The van der Waals surface area contributed by atoms with Crippen molar-refractivity contribution in [3.63, 3.8) is 0 Å². The molecule has 0 radical (unpaired) electrons. The van der Waals surface area contributed by atoms with Crippen LogP contribution < -0.4 is 10.6 Å². The quantitative estimate of drug-likeness (QED) is 0.414. The number of hydrogen-bond donors (Lipinski definition) is 3. The maximum Gasteiger partial charge on any atom is 0.413 e. The van der Waals surface area contributed by atoms with Crippen LogP contribution in [0.5, 0.6) is 0 Å². The van der Waals surface area contributed by atoms with E-state index >= 15 is 0 Å². The van der Waals surface area contributed by atoms with Crippen LogP contribution in [0.25, 0.3) is 0 Å². The lowest BCUT2D eigenvalue weighted by molar-refractivity contribution is 0.177. The molecule has 0 spiro atoms. The SMILES string of the molecule is CCC(=N)C(CC)Sc1cccc(NC(=S)NC(=O)OC)c1. The lowest BCUT2D eigenvalue weighted by atomic mass is 10.2. The zero-order valence-corrected chi connectivity index (χ0v) is 14.6. The summed E-state index contributed by atoms with van der Waals surface area (Å²) in [4.78, 5) is 12.1. The van der Waals surface area contributed by atoms with E-state index in [-0.39, 0.29) is 10.4 Å². The van der Waals surface area contributed by atoms with Crippen molar-refractivity contribution in [2.45, 2.75) is 36.8 Å². The molecule has 3 N–H and O–H groups in total. The highest BCUT2D eigenvalue weighted by Crippen LogP contribution is 2.28. The monoisotopic (exact) mass is 339 g/mol. The van der Waals surface area contributed by atoms with Crippen molar-refractivity contribution in [2.24, 2.45) is 0 Å². The predicted molar refractivity (Wildman–Crippen MR) is 96.2 cm³/mol. The largest absolute Gasteiger partial charge is 0.453 e. The molecule has 1 aromatic carbocycles. The van der Waals surface area contributed by atoms with E-state index in [4.69, 9.17) is 17.6 Å². The number of thioether (sulfide) groups is 1. The number of alkyl carbamates (subject to hydrolysis) is 1. The number of thiocarbonyl (C=S) groups is 1. The molecular weight excluding hydrogens is 318 g/mol. The number of carbonyl (C=O) groups excluding carboxylic acids is 1. The van der Waals surface area contributed by atoms with Crippen LogP contribution in [0.15, 0.2) is 29.2 Å². The van der Waals surface area contributed by atoms with Gasteiger partial charge in [-0.1, -0.05) is 19.9 Å². The molecule has 1 aromatic rings. The summed E-state index contributed by atoms with van der Waals surface area (Å²) >= 11 is 6.69. The molecular formula is C15H21N3O2S2. The van der Waals surface area contributed by atoms with E-state index in [1.54, 1.807) is 11.8 Å². The highest BCUT2D eigenvalue weighted by molar-refractivity contribution is 8.00. The minimum absolute atomic E-state index is 0.181. The van der Waals surface area contributed by atoms with Gasteiger partial charge in [-0.3, -0.25) is 5.32 Å². The highest BCUT2D eigenvalue weighted by atomic mass is 32.2. The van der Waals surface area contributed by atoms with Gasteiger partial charge in [-0.15, -0.1) is 11.8 Å². The molecule has 0 aliphatic rings. The van der Waals surface area contributed by atoms with E-state index in [1.807, 2.05) is 31.2 Å². The Labute approximate surface area is 140 Å². The van der Waals surface area contributed by atoms with Crippen molar-refractivity contribution in [3.8, 4) is 0 Å². The summed E-state index contributed by atoms with van der Waals surface area (Å²) < 4.78 is 4.48. The van der Waals surface area contributed by atoms with Crippen LogP contribution >= 0.6 is 24.0 Å². The fourth-order valence-corrected chi connectivity index (χ4v) is 3.10. The molecule has 5 nitrogen and oxygen atoms in total. The van der Waals surface area contributed by atoms with Gasteiger partial charge in [0.15, 0.2) is 5.11 Å². The molecule has 0 heterocycles. The fraction of sp³-hybridized carbons (Fsp3) is 0.400. The van der Waals surface area contributed by atoms with Crippen LogP contribution in [-0.4, -0.2) is 29.3 Å². The fourth-order valence-electron chi connectivity index (χ4n) is 1.75. The first-order chi connectivity index (χ1) is 10.5. The lowest BCUT2D eigenvalue weighted by Gasteiger charge is -2.15. The van der Waals surface area contributed by atoms with E-state index in [1.165, 1.54) is 7.11 Å². The summed E-state index contributed by atoms with van der Waals surface area (Å²) in [5.41, 5.74) is 1.53. The van der Waals surface area contributed by atoms with Gasteiger partial charge < -0.3 is 15.5 Å². The van der Waals surface area contributed by atoms with Crippen LogP contribution in [0.4, 0.5) is 10.5 Å². The number of amides is 1. The van der Waals surface area contributed by atoms with Gasteiger partial charge in [0.1, 0.15) is 0 Å². The smallest absolute Gasteiger partial charge is 0.413 e. The van der Waals surface area contributed by atoms with Crippen molar-refractivity contribution in [2.75, 3.05) is 12.4 Å². The Morgan fingerprint density at radius 2 is 2.18 bits per heavy atom. The molecule has 0 fully saturated rings. The summed E-state index contributed by atoms with van der Waals surface area (Å²) in [6.45, 7) is 4.08. The number of nitrogens with one attached hydrogen (secondary N) is 3. The van der Waals surface area contributed by atoms with Gasteiger partial charge in [0.05, 0.1) is 7.11 Å². The normalized spacial score (nSPS) is 11.4. The molecule has 0 bridgehead atoms. The molecule has 0 saturated carbocycles. The van der Waals surface area contributed by atoms with E-state index in [9.17, 15) is 4.79 Å². The van der Waals surface area contributed by atoms with Crippen LogP contribution in [0.1, 0.15) is 26.7 Å². The van der Waals surface area contributed by atoms with Crippen molar-refractivity contribution in [1.29, 1.82) is 5.41 Å². The van der Waals surface area contributed by atoms with Crippen LogP contribution in [0.2, 0.25) is 0 Å². The third kappa shape index (κ3) is 6.03. The molecule has 1 amide bonds. The van der Waals surface area contributed by atoms with Crippen molar-refractivity contribution >= 4 is 46.6 Å². The predicted octanol–water partition coefficient (Wildman–Crippen LogP) is 4.04. The summed E-state index contributed by atoms with van der Waals surface area (Å²) in [5.74, 6) is 0. The topological polar surface area (TPSA) is 74.2 Å². The second-order valence-electron chi connectivity index (χ2n) is 4.49. The molecule has 120 valence electrons. The Kier molecular flexibility index (Phi) is 7.90. The minimum Gasteiger partial charge on any atom is -0.453 e. The standard InChI is InChI=1S/C15H21N3O2S2/c1-4-12(16)13(5-2)22-11-8-6-7-10(9-11)17-14(21)18-15(19)20-3/h6-9,13,16H,4-5H2,1-3H3,(H2,17,18,19,21). The molecule has 0 aromatic heterocycles. The van der Waals surface area contributed by atoms with Gasteiger partial charge in [-0.2, -0.15) is 0 Å². The molecule has 0 aliphatic carbocycles. The number of carbonyl (C=O) groups is 1. The average Bonchev–Trinajstić information content (AvgIpc) is 2.51. The molecule has 22 heavy (non-hydrogen) atoms. The van der Waals surface area contributed by atoms with Crippen molar-refractivity contribution in [3.05, 3.63) is 24.3 Å². The van der Waals surface area contributed by atoms with E-state index in [0.717, 1.165) is 29.1 Å². The zero-order chi connectivity index (χ0) is 16.5. The number of hydrogen-bond acceptors (Lipinski definition) is 5. The average molecular weight is 339 g/mol. The van der Waals surface area contributed by atoms with Gasteiger partial charge >= 0.3 is 6.09 Å². The van der Waals surface area contributed by atoms with Crippen LogP contribution in [0.3, 0.4) is 0 Å². The summed E-state index contributed by atoms with van der Waals surface area (Å²) in [5, 5.41) is 13.7. The zero-order valence-electron chi connectivity index (χ0n) is 12.9. The van der Waals surface area contributed by atoms with Crippen LogP contribution in [0, 0.1) is 5.41 Å². The molecule has 1 atom stereocenters. The van der Waals surface area contributed by atoms with Gasteiger partial charge in [0, 0.05) is 21.5 Å². The Hall–Kier alpha value is -1.60. The van der Waals surface area contributed by atoms with E-state index < -0.39 is 6.09 Å². The second kappa shape index (κ2) is 9.42. The van der Waals surface area contributed by atoms with Crippen LogP contribution in [-0.2, 0) is 4.74 Å². The third-order valence-electron chi connectivity index (χ3n) is 2.91. The number of anilines is 1. The van der Waals surface area contributed by atoms with Gasteiger partial charge in [0.2, 0.25) is 0 Å². The molecule has 1 rings (SSSR count). The minimum atomic E-state index is -0.606. The summed E-state index contributed by atoms with van der Waals surface area (Å²) in [7, 11) is 1.28. The molecule has 1 unspecified atom stereocenters. The highest BCUT2D eigenvalue weighted by Gasteiger charge is 2.13. The summed E-state index contributed by atoms with van der Waals surface area (Å²) in [6.07, 6.45) is 1.07. The third-order valence-corrected chi connectivity index (χ3v) is 4.54. The maximum atomic E-state index is 11.1. The molecule has 0 saturated heterocycles. The Balaban J connectivity index is 2.71. The van der Waals surface area contributed by atoms with E-state index in [0.29, 0.717) is 0 Å². The van der Waals surface area contributed by atoms with Gasteiger partial charge in [0.25, 0.3) is 0 Å². The van der Waals surface area contributed by atoms with Gasteiger partial charge in [-0.25, -0.2) is 4.79 Å². The van der Waals surface area contributed by atoms with Crippen molar-refractivity contribution in [1.82, 2.24) is 5.32 Å². The first-order valence-electron chi connectivity index (χ1n) is 7.00. The first kappa shape index (κ1) is 18.4. The maximum absolute atomic E-state index is 11.1. The van der Waals surface area contributed by atoms with E-state index in [2.05, 4.69) is 22.3 Å². The Morgan fingerprint density at radius 3 is 2.77 bits per heavy atom.